The second-order valence-electron chi connectivity index (χ2n) is 3.32. The van der Waals surface area contributed by atoms with Crippen LogP contribution >= 0.6 is 11.3 Å². The van der Waals surface area contributed by atoms with E-state index in [1.54, 1.807) is 11.3 Å². The minimum absolute atomic E-state index is 0.721. The summed E-state index contributed by atoms with van der Waals surface area (Å²) >= 11 is 1.80. The molecule has 80 valence electrons. The summed E-state index contributed by atoms with van der Waals surface area (Å²) in [6.07, 6.45) is 0. The Kier molecular flexibility index (Phi) is 3.23. The van der Waals surface area contributed by atoms with Crippen molar-refractivity contribution in [3.8, 4) is 0 Å². The van der Waals surface area contributed by atoms with Gasteiger partial charge in [-0.15, -0.1) is 11.3 Å². The number of nitrogens with one attached hydrogen (secondary N) is 1. The van der Waals surface area contributed by atoms with Crippen molar-refractivity contribution in [2.45, 2.75) is 13.5 Å². The molecule has 3 heteroatoms. The molecule has 1 aromatic carbocycles. The molecule has 0 spiro atoms. The highest BCUT2D eigenvalue weighted by Gasteiger charge is 2.04. The van der Waals surface area contributed by atoms with E-state index in [-0.39, 0.29) is 0 Å². The Labute approximate surface area is 93.9 Å². The lowest BCUT2D eigenvalue weighted by Crippen LogP contribution is -1.88. The highest BCUT2D eigenvalue weighted by molar-refractivity contribution is 7.19. The zero-order valence-corrected chi connectivity index (χ0v) is 9.86. The maximum Gasteiger partial charge on any atom is 0.0809 e. The summed E-state index contributed by atoms with van der Waals surface area (Å²) in [5.74, 6) is 0. The van der Waals surface area contributed by atoms with Crippen LogP contribution in [0, 0.1) is 0 Å². The highest BCUT2D eigenvalue weighted by atomic mass is 32.1. The molecular formula is C12H15NOS. The van der Waals surface area contributed by atoms with Gasteiger partial charge in [0.15, 0.2) is 0 Å². The van der Waals surface area contributed by atoms with E-state index in [0.29, 0.717) is 0 Å². The first-order valence-corrected chi connectivity index (χ1v) is 5.93. The Morgan fingerprint density at radius 2 is 2.27 bits per heavy atom. The van der Waals surface area contributed by atoms with E-state index >= 15 is 0 Å². The van der Waals surface area contributed by atoms with Crippen LogP contribution in [0.4, 0.5) is 5.69 Å². The predicted octanol–water partition coefficient (Wildman–Crippen LogP) is 3.48. The highest BCUT2D eigenvalue weighted by Crippen LogP contribution is 2.31. The van der Waals surface area contributed by atoms with Crippen molar-refractivity contribution in [2.75, 3.05) is 19.0 Å². The van der Waals surface area contributed by atoms with Crippen LogP contribution in [-0.4, -0.2) is 13.7 Å². The fourth-order valence-electron chi connectivity index (χ4n) is 1.61. The lowest BCUT2D eigenvalue weighted by molar-refractivity contribution is 0.136. The van der Waals surface area contributed by atoms with Gasteiger partial charge < -0.3 is 10.1 Å². The molecule has 2 rings (SSSR count). The van der Waals surface area contributed by atoms with Crippen molar-refractivity contribution >= 4 is 27.1 Å². The third kappa shape index (κ3) is 2.13. The van der Waals surface area contributed by atoms with E-state index in [1.165, 1.54) is 20.7 Å². The summed E-state index contributed by atoms with van der Waals surface area (Å²) in [7, 11) is 1.95. The molecule has 0 unspecified atom stereocenters. The zero-order valence-electron chi connectivity index (χ0n) is 9.04. The quantitative estimate of drug-likeness (QED) is 0.853. The van der Waals surface area contributed by atoms with Crippen LogP contribution in [0.15, 0.2) is 24.3 Å². The third-order valence-electron chi connectivity index (χ3n) is 2.33. The van der Waals surface area contributed by atoms with Gasteiger partial charge in [0.25, 0.3) is 0 Å². The minimum Gasteiger partial charge on any atom is -0.388 e. The van der Waals surface area contributed by atoms with Crippen LogP contribution in [0.25, 0.3) is 10.1 Å². The Morgan fingerprint density at radius 1 is 1.40 bits per heavy atom. The Balaban J connectivity index is 2.37. The lowest BCUT2D eigenvalue weighted by Gasteiger charge is -1.99. The van der Waals surface area contributed by atoms with Gasteiger partial charge in [0, 0.05) is 34.3 Å². The van der Waals surface area contributed by atoms with Crippen LogP contribution in [-0.2, 0) is 11.3 Å². The molecule has 0 aliphatic carbocycles. The largest absolute Gasteiger partial charge is 0.388 e. The molecule has 15 heavy (non-hydrogen) atoms. The average molecular weight is 221 g/mol. The van der Waals surface area contributed by atoms with Gasteiger partial charge in [0.05, 0.1) is 6.61 Å². The van der Waals surface area contributed by atoms with Gasteiger partial charge in [-0.2, -0.15) is 0 Å². The lowest BCUT2D eigenvalue weighted by atomic mass is 10.2. The monoisotopic (exact) mass is 221 g/mol. The second-order valence-corrected chi connectivity index (χ2v) is 4.49. The van der Waals surface area contributed by atoms with E-state index in [0.717, 1.165) is 13.2 Å². The van der Waals surface area contributed by atoms with Gasteiger partial charge in [-0.25, -0.2) is 0 Å². The molecule has 0 radical (unpaired) electrons. The summed E-state index contributed by atoms with van der Waals surface area (Å²) in [5.41, 5.74) is 1.19. The molecule has 0 atom stereocenters. The first kappa shape index (κ1) is 10.5. The number of anilines is 1. The number of thiophene rings is 1. The van der Waals surface area contributed by atoms with Crippen molar-refractivity contribution in [1.29, 1.82) is 0 Å². The molecule has 0 saturated carbocycles. The normalized spacial score (nSPS) is 10.8. The van der Waals surface area contributed by atoms with Gasteiger partial charge in [-0.1, -0.05) is 6.07 Å². The molecule has 2 aromatic rings. The first-order valence-electron chi connectivity index (χ1n) is 5.12. The van der Waals surface area contributed by atoms with Gasteiger partial charge in [0.1, 0.15) is 0 Å². The number of hydrogen-bond acceptors (Lipinski definition) is 3. The van der Waals surface area contributed by atoms with E-state index in [9.17, 15) is 0 Å². The Morgan fingerprint density at radius 3 is 3.00 bits per heavy atom. The number of rotatable bonds is 4. The maximum absolute atomic E-state index is 5.41. The van der Waals surface area contributed by atoms with Crippen molar-refractivity contribution in [1.82, 2.24) is 0 Å². The minimum atomic E-state index is 0.721. The van der Waals surface area contributed by atoms with Gasteiger partial charge in [0.2, 0.25) is 0 Å². The second kappa shape index (κ2) is 4.64. The van der Waals surface area contributed by atoms with Crippen molar-refractivity contribution in [3.05, 3.63) is 29.1 Å². The van der Waals surface area contributed by atoms with Crippen LogP contribution in [0.3, 0.4) is 0 Å². The standard InChI is InChI=1S/C12H15NOS/c1-3-14-8-9-7-10-11(13-2)5-4-6-12(10)15-9/h4-7,13H,3,8H2,1-2H3. The third-order valence-corrected chi connectivity index (χ3v) is 3.40. The van der Waals surface area contributed by atoms with Crippen molar-refractivity contribution in [3.63, 3.8) is 0 Å². The molecule has 0 saturated heterocycles. The molecule has 1 heterocycles. The zero-order chi connectivity index (χ0) is 10.7. The molecule has 0 aliphatic rings. The molecule has 0 amide bonds. The summed E-state index contributed by atoms with van der Waals surface area (Å²) < 4.78 is 6.73. The number of hydrogen-bond donors (Lipinski definition) is 1. The predicted molar refractivity (Wildman–Crippen MR) is 66.7 cm³/mol. The topological polar surface area (TPSA) is 21.3 Å². The smallest absolute Gasteiger partial charge is 0.0809 e. The summed E-state index contributed by atoms with van der Waals surface area (Å²) in [6, 6.07) is 8.53. The Hall–Kier alpha value is -1.06. The summed E-state index contributed by atoms with van der Waals surface area (Å²) in [6.45, 7) is 3.51. The average Bonchev–Trinajstić information content (AvgIpc) is 2.68. The van der Waals surface area contributed by atoms with Crippen LogP contribution in [0.5, 0.6) is 0 Å². The number of fused-ring (bicyclic) bond motifs is 1. The molecule has 2 nitrogen and oxygen atoms in total. The van der Waals surface area contributed by atoms with E-state index in [2.05, 4.69) is 29.6 Å². The molecule has 0 aliphatic heterocycles. The van der Waals surface area contributed by atoms with Crippen molar-refractivity contribution < 1.29 is 4.74 Å². The van der Waals surface area contributed by atoms with Crippen LogP contribution in [0.1, 0.15) is 11.8 Å². The molecule has 1 aromatic heterocycles. The van der Waals surface area contributed by atoms with Gasteiger partial charge >= 0.3 is 0 Å². The molecular weight excluding hydrogens is 206 g/mol. The van der Waals surface area contributed by atoms with E-state index < -0.39 is 0 Å². The summed E-state index contributed by atoms with van der Waals surface area (Å²) in [4.78, 5) is 1.29. The SMILES string of the molecule is CCOCc1cc2c(NC)cccc2s1. The fraction of sp³-hybridized carbons (Fsp3) is 0.333. The molecule has 1 N–H and O–H groups in total. The first-order chi connectivity index (χ1) is 7.35. The molecule has 0 fully saturated rings. The van der Waals surface area contributed by atoms with Crippen LogP contribution in [0.2, 0.25) is 0 Å². The number of benzene rings is 1. The Bertz CT molecular complexity index is 450. The molecule has 0 bridgehead atoms. The van der Waals surface area contributed by atoms with Crippen molar-refractivity contribution in [2.24, 2.45) is 0 Å². The van der Waals surface area contributed by atoms with Crippen LogP contribution < -0.4 is 5.32 Å². The van der Waals surface area contributed by atoms with Gasteiger partial charge in [-0.05, 0) is 25.1 Å². The van der Waals surface area contributed by atoms with Gasteiger partial charge in [-0.3, -0.25) is 0 Å². The fourth-order valence-corrected chi connectivity index (χ4v) is 2.63. The van der Waals surface area contributed by atoms with E-state index in [1.807, 2.05) is 14.0 Å². The summed E-state index contributed by atoms with van der Waals surface area (Å²) in [5, 5.41) is 4.50. The van der Waals surface area contributed by atoms with E-state index in [4.69, 9.17) is 4.74 Å². The maximum atomic E-state index is 5.41. The number of ether oxygens (including phenoxy) is 1.